The molecule has 0 amide bonds. The van der Waals surface area contributed by atoms with Crippen molar-refractivity contribution in [2.45, 2.75) is 31.5 Å². The van der Waals surface area contributed by atoms with Crippen LogP contribution >= 0.6 is 0 Å². The standard InChI is InChI=1S/C31H32O4/c1-31(2,23-9-13-25(14-10-23)34-29-7-3-5-21-17-32-19-27(21)29)24-11-15-26(16-12-24)35-30-8-4-6-22-18-33-20-28(22)30/h3-16,27-30H,17-20H2,1-2H3. The number of benzene rings is 2. The van der Waals surface area contributed by atoms with Gasteiger partial charge in [0.2, 0.25) is 0 Å². The van der Waals surface area contributed by atoms with Gasteiger partial charge in [-0.2, -0.15) is 0 Å². The number of fused-ring (bicyclic) bond motifs is 2. The quantitative estimate of drug-likeness (QED) is 0.538. The van der Waals surface area contributed by atoms with E-state index in [0.29, 0.717) is 11.8 Å². The summed E-state index contributed by atoms with van der Waals surface area (Å²) in [6.07, 6.45) is 12.8. The van der Waals surface area contributed by atoms with Crippen molar-refractivity contribution in [3.8, 4) is 11.5 Å². The zero-order valence-electron chi connectivity index (χ0n) is 20.4. The molecule has 6 rings (SSSR count). The maximum absolute atomic E-state index is 6.32. The van der Waals surface area contributed by atoms with Gasteiger partial charge in [-0.3, -0.25) is 0 Å². The lowest BCUT2D eigenvalue weighted by Gasteiger charge is -2.28. The SMILES string of the molecule is CC(C)(c1ccc(OC2C=CC=C3COCC32)cc1)c1ccc(OC2C=CC=C3COCC32)cc1. The first kappa shape index (κ1) is 22.4. The van der Waals surface area contributed by atoms with Gasteiger partial charge in [0.25, 0.3) is 0 Å². The molecular formula is C31H32O4. The van der Waals surface area contributed by atoms with Crippen LogP contribution in [0.4, 0.5) is 0 Å². The molecule has 4 nitrogen and oxygen atoms in total. The third kappa shape index (κ3) is 4.37. The lowest BCUT2D eigenvalue weighted by Crippen LogP contribution is -2.28. The zero-order valence-corrected chi connectivity index (χ0v) is 20.4. The summed E-state index contributed by atoms with van der Waals surface area (Å²) in [6.45, 7) is 7.41. The van der Waals surface area contributed by atoms with E-state index < -0.39 is 0 Å². The first-order chi connectivity index (χ1) is 17.1. The van der Waals surface area contributed by atoms with Crippen LogP contribution in [0.15, 0.2) is 96.1 Å². The van der Waals surface area contributed by atoms with Crippen LogP contribution in [0.1, 0.15) is 25.0 Å². The van der Waals surface area contributed by atoms with Crippen molar-refractivity contribution in [3.63, 3.8) is 0 Å². The van der Waals surface area contributed by atoms with E-state index in [-0.39, 0.29) is 17.6 Å². The maximum Gasteiger partial charge on any atom is 0.126 e. The topological polar surface area (TPSA) is 36.9 Å². The van der Waals surface area contributed by atoms with Crippen molar-refractivity contribution < 1.29 is 18.9 Å². The van der Waals surface area contributed by atoms with E-state index in [0.717, 1.165) is 37.9 Å². The second-order valence-corrected chi connectivity index (χ2v) is 10.3. The Bertz CT molecular complexity index is 1090. The summed E-state index contributed by atoms with van der Waals surface area (Å²) in [5.74, 6) is 2.43. The molecular weight excluding hydrogens is 436 g/mol. The molecule has 2 aliphatic heterocycles. The summed E-state index contributed by atoms with van der Waals surface area (Å²) in [5.41, 5.74) is 5.01. The van der Waals surface area contributed by atoms with Crippen molar-refractivity contribution in [1.82, 2.24) is 0 Å². The summed E-state index contributed by atoms with van der Waals surface area (Å²) >= 11 is 0. The highest BCUT2D eigenvalue weighted by atomic mass is 16.5. The van der Waals surface area contributed by atoms with Gasteiger partial charge >= 0.3 is 0 Å². The number of hydrogen-bond donors (Lipinski definition) is 0. The van der Waals surface area contributed by atoms with Gasteiger partial charge in [0, 0.05) is 17.3 Å². The molecule has 2 heterocycles. The lowest BCUT2D eigenvalue weighted by atomic mass is 9.78. The molecule has 2 aromatic carbocycles. The Morgan fingerprint density at radius 2 is 1.09 bits per heavy atom. The van der Waals surface area contributed by atoms with Crippen LogP contribution in [-0.4, -0.2) is 38.6 Å². The van der Waals surface area contributed by atoms with Crippen LogP contribution < -0.4 is 9.47 Å². The van der Waals surface area contributed by atoms with Crippen molar-refractivity contribution in [3.05, 3.63) is 107 Å². The molecule has 0 aromatic heterocycles. The van der Waals surface area contributed by atoms with E-state index in [1.54, 1.807) is 0 Å². The fourth-order valence-electron chi connectivity index (χ4n) is 5.46. The Labute approximate surface area is 207 Å². The molecule has 0 spiro atoms. The molecule has 35 heavy (non-hydrogen) atoms. The molecule has 2 aromatic rings. The van der Waals surface area contributed by atoms with Gasteiger partial charge in [-0.25, -0.2) is 0 Å². The van der Waals surface area contributed by atoms with Gasteiger partial charge in [0.15, 0.2) is 0 Å². The van der Waals surface area contributed by atoms with Crippen molar-refractivity contribution in [2.24, 2.45) is 11.8 Å². The zero-order chi connectivity index (χ0) is 23.8. The molecule has 4 unspecified atom stereocenters. The molecule has 4 aliphatic rings. The second-order valence-electron chi connectivity index (χ2n) is 10.3. The summed E-state index contributed by atoms with van der Waals surface area (Å²) in [5, 5.41) is 0. The number of allylic oxidation sites excluding steroid dienone is 4. The summed E-state index contributed by atoms with van der Waals surface area (Å²) in [7, 11) is 0. The average Bonchev–Trinajstić information content (AvgIpc) is 3.56. The van der Waals surface area contributed by atoms with Gasteiger partial charge in [0.05, 0.1) is 26.4 Å². The van der Waals surface area contributed by atoms with Crippen LogP contribution in [0.5, 0.6) is 11.5 Å². The van der Waals surface area contributed by atoms with Gasteiger partial charge in [0.1, 0.15) is 23.7 Å². The normalized spacial score (nSPS) is 27.1. The fraction of sp³-hybridized carbons (Fsp3) is 0.355. The minimum absolute atomic E-state index is 0.0327. The molecule has 2 fully saturated rings. The van der Waals surface area contributed by atoms with Gasteiger partial charge in [-0.1, -0.05) is 62.4 Å². The number of hydrogen-bond acceptors (Lipinski definition) is 4. The van der Waals surface area contributed by atoms with Crippen LogP contribution in [0.25, 0.3) is 0 Å². The van der Waals surface area contributed by atoms with E-state index in [4.69, 9.17) is 18.9 Å². The predicted octanol–water partition coefficient (Wildman–Crippen LogP) is 5.79. The highest BCUT2D eigenvalue weighted by Crippen LogP contribution is 2.36. The minimum atomic E-state index is -0.142. The van der Waals surface area contributed by atoms with Crippen LogP contribution in [-0.2, 0) is 14.9 Å². The number of rotatable bonds is 6. The molecule has 4 atom stereocenters. The Kier molecular flexibility index (Phi) is 5.87. The Morgan fingerprint density at radius 1 is 0.657 bits per heavy atom. The third-order valence-corrected chi connectivity index (χ3v) is 7.80. The molecule has 2 aliphatic carbocycles. The average molecular weight is 469 g/mol. The highest BCUT2D eigenvalue weighted by Gasteiger charge is 2.33. The Hall–Kier alpha value is -3.08. The summed E-state index contributed by atoms with van der Waals surface area (Å²) in [6, 6.07) is 17.0. The van der Waals surface area contributed by atoms with Crippen LogP contribution in [0.3, 0.4) is 0 Å². The molecule has 0 bridgehead atoms. The fourth-order valence-corrected chi connectivity index (χ4v) is 5.46. The van der Waals surface area contributed by atoms with Crippen molar-refractivity contribution in [2.75, 3.05) is 26.4 Å². The molecule has 4 heteroatoms. The predicted molar refractivity (Wildman–Crippen MR) is 137 cm³/mol. The molecule has 0 radical (unpaired) electrons. The van der Waals surface area contributed by atoms with Gasteiger partial charge < -0.3 is 18.9 Å². The van der Waals surface area contributed by atoms with Crippen LogP contribution in [0.2, 0.25) is 0 Å². The van der Waals surface area contributed by atoms with Gasteiger partial charge in [-0.15, -0.1) is 0 Å². The summed E-state index contributed by atoms with van der Waals surface area (Å²) < 4.78 is 23.9. The number of ether oxygens (including phenoxy) is 4. The molecule has 2 saturated heterocycles. The van der Waals surface area contributed by atoms with Crippen molar-refractivity contribution in [1.29, 1.82) is 0 Å². The first-order valence-electron chi connectivity index (χ1n) is 12.5. The lowest BCUT2D eigenvalue weighted by molar-refractivity contribution is 0.139. The minimum Gasteiger partial charge on any atom is -0.486 e. The molecule has 0 N–H and O–H groups in total. The van der Waals surface area contributed by atoms with E-state index in [1.807, 2.05) is 0 Å². The van der Waals surface area contributed by atoms with Gasteiger partial charge in [-0.05, 0) is 58.7 Å². The largest absolute Gasteiger partial charge is 0.486 e. The summed E-state index contributed by atoms with van der Waals surface area (Å²) in [4.78, 5) is 0. The third-order valence-electron chi connectivity index (χ3n) is 7.80. The van der Waals surface area contributed by atoms with Crippen molar-refractivity contribution >= 4 is 0 Å². The highest BCUT2D eigenvalue weighted by molar-refractivity contribution is 5.42. The van der Waals surface area contributed by atoms with E-state index >= 15 is 0 Å². The van der Waals surface area contributed by atoms with E-state index in [1.165, 1.54) is 22.3 Å². The smallest absolute Gasteiger partial charge is 0.126 e. The van der Waals surface area contributed by atoms with E-state index in [9.17, 15) is 0 Å². The first-order valence-corrected chi connectivity index (χ1v) is 12.5. The van der Waals surface area contributed by atoms with E-state index in [2.05, 4.69) is 98.8 Å². The second kappa shape index (κ2) is 9.18. The maximum atomic E-state index is 6.32. The van der Waals surface area contributed by atoms with Crippen LogP contribution in [0, 0.1) is 11.8 Å². The monoisotopic (exact) mass is 468 g/mol. The molecule has 0 saturated carbocycles. The Morgan fingerprint density at radius 3 is 1.51 bits per heavy atom. The molecule has 180 valence electrons. The Balaban J connectivity index is 1.12.